The van der Waals surface area contributed by atoms with Gasteiger partial charge in [-0.25, -0.2) is 4.39 Å². The minimum atomic E-state index is -0.907. The SMILES string of the molecule is COC1(C(O)c2c(C)cc(C)cc2F)CCCC(C)C1. The van der Waals surface area contributed by atoms with Gasteiger partial charge in [0.1, 0.15) is 11.9 Å². The summed E-state index contributed by atoms with van der Waals surface area (Å²) in [5.74, 6) is 0.164. The Morgan fingerprint density at radius 1 is 1.40 bits per heavy atom. The highest BCUT2D eigenvalue weighted by Crippen LogP contribution is 2.44. The van der Waals surface area contributed by atoms with Crippen LogP contribution in [-0.2, 0) is 4.74 Å². The van der Waals surface area contributed by atoms with Crippen LogP contribution in [0.1, 0.15) is 55.4 Å². The lowest BCUT2D eigenvalue weighted by Crippen LogP contribution is -2.43. The first-order chi connectivity index (χ1) is 9.39. The molecule has 112 valence electrons. The maximum atomic E-state index is 14.3. The summed E-state index contributed by atoms with van der Waals surface area (Å²) in [5.41, 5.74) is 1.41. The molecule has 20 heavy (non-hydrogen) atoms. The van der Waals surface area contributed by atoms with E-state index in [1.54, 1.807) is 7.11 Å². The minimum Gasteiger partial charge on any atom is -0.385 e. The average molecular weight is 280 g/mol. The zero-order valence-electron chi connectivity index (χ0n) is 12.9. The van der Waals surface area contributed by atoms with Gasteiger partial charge < -0.3 is 9.84 Å². The van der Waals surface area contributed by atoms with E-state index in [0.29, 0.717) is 11.5 Å². The van der Waals surface area contributed by atoms with E-state index < -0.39 is 11.7 Å². The van der Waals surface area contributed by atoms with Crippen LogP contribution in [0.4, 0.5) is 4.39 Å². The number of hydrogen-bond donors (Lipinski definition) is 1. The number of aliphatic hydroxyl groups excluding tert-OH is 1. The van der Waals surface area contributed by atoms with Gasteiger partial charge in [0.2, 0.25) is 0 Å². The quantitative estimate of drug-likeness (QED) is 0.904. The molecule has 2 rings (SSSR count). The monoisotopic (exact) mass is 280 g/mol. The number of methoxy groups -OCH3 is 1. The highest BCUT2D eigenvalue weighted by Gasteiger charge is 2.43. The Hall–Kier alpha value is -0.930. The highest BCUT2D eigenvalue weighted by molar-refractivity contribution is 5.35. The zero-order valence-corrected chi connectivity index (χ0v) is 12.9. The van der Waals surface area contributed by atoms with Crippen LogP contribution in [0.3, 0.4) is 0 Å². The fraction of sp³-hybridized carbons (Fsp3) is 0.647. The molecule has 0 heterocycles. The lowest BCUT2D eigenvalue weighted by Gasteiger charge is -2.42. The molecule has 0 saturated heterocycles. The highest BCUT2D eigenvalue weighted by atomic mass is 19.1. The van der Waals surface area contributed by atoms with Gasteiger partial charge in [0.15, 0.2) is 0 Å². The van der Waals surface area contributed by atoms with Gasteiger partial charge in [0.05, 0.1) is 5.60 Å². The smallest absolute Gasteiger partial charge is 0.129 e. The number of ether oxygens (including phenoxy) is 1. The predicted octanol–water partition coefficient (Wildman–Crippen LogP) is 4.07. The zero-order chi connectivity index (χ0) is 14.9. The van der Waals surface area contributed by atoms with Crippen LogP contribution >= 0.6 is 0 Å². The molecule has 1 N–H and O–H groups in total. The molecule has 3 heteroatoms. The van der Waals surface area contributed by atoms with E-state index in [1.165, 1.54) is 6.07 Å². The van der Waals surface area contributed by atoms with E-state index in [1.807, 2.05) is 19.9 Å². The van der Waals surface area contributed by atoms with Crippen molar-refractivity contribution in [3.8, 4) is 0 Å². The van der Waals surface area contributed by atoms with E-state index in [0.717, 1.165) is 36.8 Å². The molecule has 0 aromatic heterocycles. The predicted molar refractivity (Wildman–Crippen MR) is 78.2 cm³/mol. The van der Waals surface area contributed by atoms with Crippen LogP contribution in [0.15, 0.2) is 12.1 Å². The molecule has 1 aromatic rings. The van der Waals surface area contributed by atoms with Crippen molar-refractivity contribution in [1.29, 1.82) is 0 Å². The third-order valence-electron chi connectivity index (χ3n) is 4.65. The second kappa shape index (κ2) is 5.82. The third-order valence-corrected chi connectivity index (χ3v) is 4.65. The summed E-state index contributed by atoms with van der Waals surface area (Å²) in [6.07, 6.45) is 2.81. The van der Waals surface area contributed by atoms with Crippen molar-refractivity contribution in [3.63, 3.8) is 0 Å². The van der Waals surface area contributed by atoms with Crippen molar-refractivity contribution in [2.75, 3.05) is 7.11 Å². The summed E-state index contributed by atoms with van der Waals surface area (Å²) in [4.78, 5) is 0. The standard InChI is InChI=1S/C17H25FO2/c1-11-6-5-7-17(10-11,20-4)16(19)15-13(3)8-12(2)9-14(15)18/h8-9,11,16,19H,5-7,10H2,1-4H3. The van der Waals surface area contributed by atoms with Crippen molar-refractivity contribution in [1.82, 2.24) is 0 Å². The van der Waals surface area contributed by atoms with E-state index in [2.05, 4.69) is 6.92 Å². The van der Waals surface area contributed by atoms with Crippen molar-refractivity contribution >= 4 is 0 Å². The molecule has 1 saturated carbocycles. The molecular formula is C17H25FO2. The first kappa shape index (κ1) is 15.5. The van der Waals surface area contributed by atoms with Crippen LogP contribution in [0, 0.1) is 25.6 Å². The summed E-state index contributed by atoms with van der Waals surface area (Å²) in [6, 6.07) is 3.40. The number of benzene rings is 1. The molecule has 1 aliphatic carbocycles. The fourth-order valence-electron chi connectivity index (χ4n) is 3.63. The molecule has 0 spiro atoms. The topological polar surface area (TPSA) is 29.5 Å². The molecule has 0 aliphatic heterocycles. The Morgan fingerprint density at radius 3 is 2.65 bits per heavy atom. The molecule has 0 bridgehead atoms. The van der Waals surface area contributed by atoms with Gasteiger partial charge in [-0.2, -0.15) is 0 Å². The first-order valence-corrected chi connectivity index (χ1v) is 7.39. The normalized spacial score (nSPS) is 28.4. The van der Waals surface area contributed by atoms with Crippen LogP contribution in [-0.4, -0.2) is 17.8 Å². The largest absolute Gasteiger partial charge is 0.385 e. The lowest BCUT2D eigenvalue weighted by molar-refractivity contribution is -0.135. The van der Waals surface area contributed by atoms with Gasteiger partial charge in [-0.3, -0.25) is 0 Å². The van der Waals surface area contributed by atoms with E-state index in [-0.39, 0.29) is 5.82 Å². The fourth-order valence-corrected chi connectivity index (χ4v) is 3.63. The van der Waals surface area contributed by atoms with Gasteiger partial charge in [-0.15, -0.1) is 0 Å². The molecule has 3 atom stereocenters. The molecular weight excluding hydrogens is 255 g/mol. The Morgan fingerprint density at radius 2 is 2.10 bits per heavy atom. The summed E-state index contributed by atoms with van der Waals surface area (Å²) >= 11 is 0. The Labute approximate surface area is 121 Å². The van der Waals surface area contributed by atoms with Gasteiger partial charge in [-0.05, 0) is 49.8 Å². The van der Waals surface area contributed by atoms with Crippen LogP contribution in [0.2, 0.25) is 0 Å². The van der Waals surface area contributed by atoms with Crippen LogP contribution in [0.25, 0.3) is 0 Å². The number of rotatable bonds is 3. The minimum absolute atomic E-state index is 0.329. The molecule has 0 radical (unpaired) electrons. The van der Waals surface area contributed by atoms with Gasteiger partial charge in [0.25, 0.3) is 0 Å². The van der Waals surface area contributed by atoms with E-state index in [9.17, 15) is 9.50 Å². The summed E-state index contributed by atoms with van der Waals surface area (Å²) in [7, 11) is 1.63. The van der Waals surface area contributed by atoms with E-state index in [4.69, 9.17) is 4.74 Å². The summed E-state index contributed by atoms with van der Waals surface area (Å²) in [6.45, 7) is 5.88. The van der Waals surface area contributed by atoms with Crippen molar-refractivity contribution < 1.29 is 14.2 Å². The molecule has 1 aromatic carbocycles. The van der Waals surface area contributed by atoms with Crippen LogP contribution < -0.4 is 0 Å². The van der Waals surface area contributed by atoms with Crippen LogP contribution in [0.5, 0.6) is 0 Å². The van der Waals surface area contributed by atoms with Crippen molar-refractivity contribution in [2.24, 2.45) is 5.92 Å². The lowest BCUT2D eigenvalue weighted by atomic mass is 9.73. The average Bonchev–Trinajstić information content (AvgIpc) is 2.37. The molecule has 1 fully saturated rings. The second-order valence-corrected chi connectivity index (χ2v) is 6.35. The number of hydrogen-bond acceptors (Lipinski definition) is 2. The van der Waals surface area contributed by atoms with Crippen molar-refractivity contribution in [2.45, 2.75) is 58.2 Å². The molecule has 1 aliphatic rings. The Kier molecular flexibility index (Phi) is 4.50. The number of aryl methyl sites for hydroxylation is 2. The maximum Gasteiger partial charge on any atom is 0.129 e. The van der Waals surface area contributed by atoms with Gasteiger partial charge in [0, 0.05) is 12.7 Å². The third kappa shape index (κ3) is 2.75. The van der Waals surface area contributed by atoms with Crippen molar-refractivity contribution in [3.05, 3.63) is 34.6 Å². The maximum absolute atomic E-state index is 14.3. The number of aliphatic hydroxyl groups is 1. The number of halogens is 1. The Balaban J connectivity index is 2.41. The molecule has 3 unspecified atom stereocenters. The van der Waals surface area contributed by atoms with E-state index >= 15 is 0 Å². The summed E-state index contributed by atoms with van der Waals surface area (Å²) < 4.78 is 20.0. The summed E-state index contributed by atoms with van der Waals surface area (Å²) in [5, 5.41) is 10.8. The Bertz CT molecular complexity index is 463. The van der Waals surface area contributed by atoms with Gasteiger partial charge in [-0.1, -0.05) is 25.8 Å². The second-order valence-electron chi connectivity index (χ2n) is 6.35. The van der Waals surface area contributed by atoms with Gasteiger partial charge >= 0.3 is 0 Å². The molecule has 0 amide bonds. The first-order valence-electron chi connectivity index (χ1n) is 7.39. The molecule has 2 nitrogen and oxygen atoms in total.